The first-order chi connectivity index (χ1) is 19.7. The van der Waals surface area contributed by atoms with Crippen molar-refractivity contribution in [3.8, 4) is 17.3 Å². The van der Waals surface area contributed by atoms with Gasteiger partial charge >= 0.3 is 12.0 Å². The van der Waals surface area contributed by atoms with Crippen LogP contribution in [0.15, 0.2) is 48.2 Å². The number of allylic oxidation sites excluding steroid dienone is 1. The van der Waals surface area contributed by atoms with Crippen molar-refractivity contribution in [1.82, 2.24) is 19.9 Å². The zero-order valence-electron chi connectivity index (χ0n) is 23.6. The van der Waals surface area contributed by atoms with Crippen molar-refractivity contribution in [2.24, 2.45) is 11.3 Å². The standard InChI is InChI=1S/C31H35ClN4O5/c1-31(2,29(38)39)23-10-4-19(5-11-23)17-41-30-33-25-16-24(32)27(34-28(25)35-30)22-8-6-20(7-9-22)21-12-14-36(15-13-21)26(37)18-40-3/h6-9,12,16-17,23H,4-5,10-11,13-15,18H2,1-3H3,(H,38,39)(H,33,34,35). The Hall–Kier alpha value is -3.69. The van der Waals surface area contributed by atoms with Gasteiger partial charge in [-0.1, -0.05) is 41.9 Å². The molecule has 1 saturated carbocycles. The molecule has 10 heteroatoms. The Bertz CT molecular complexity index is 1500. The van der Waals surface area contributed by atoms with Crippen LogP contribution in [0.5, 0.6) is 6.01 Å². The van der Waals surface area contributed by atoms with Crippen LogP contribution < -0.4 is 4.74 Å². The average Bonchev–Trinajstić information content (AvgIpc) is 3.37. The molecule has 0 radical (unpaired) electrons. The molecule has 0 spiro atoms. The smallest absolute Gasteiger partial charge is 0.309 e. The lowest BCUT2D eigenvalue weighted by Crippen LogP contribution is -2.36. The number of ether oxygens (including phenoxy) is 2. The summed E-state index contributed by atoms with van der Waals surface area (Å²) in [6.45, 7) is 4.96. The summed E-state index contributed by atoms with van der Waals surface area (Å²) in [6, 6.07) is 10.2. The predicted molar refractivity (Wildman–Crippen MR) is 157 cm³/mol. The summed E-state index contributed by atoms with van der Waals surface area (Å²) in [6.07, 6.45) is 7.82. The van der Waals surface area contributed by atoms with E-state index in [1.54, 1.807) is 31.1 Å². The van der Waals surface area contributed by atoms with Crippen LogP contribution >= 0.6 is 11.6 Å². The highest BCUT2D eigenvalue weighted by atomic mass is 35.5. The van der Waals surface area contributed by atoms with Crippen molar-refractivity contribution in [2.75, 3.05) is 26.8 Å². The maximum atomic E-state index is 12.1. The Kier molecular flexibility index (Phi) is 8.47. The lowest BCUT2D eigenvalue weighted by molar-refractivity contribution is -0.150. The average molecular weight is 579 g/mol. The number of rotatable bonds is 8. The molecular formula is C31H35ClN4O5. The summed E-state index contributed by atoms with van der Waals surface area (Å²) in [5, 5.41) is 10.0. The third kappa shape index (κ3) is 6.31. The molecule has 216 valence electrons. The molecular weight excluding hydrogens is 544 g/mol. The minimum Gasteiger partial charge on any atom is -0.481 e. The second-order valence-corrected chi connectivity index (χ2v) is 11.7. The second kappa shape index (κ2) is 12.0. The lowest BCUT2D eigenvalue weighted by atomic mass is 9.70. The first-order valence-electron chi connectivity index (χ1n) is 13.9. The number of hydrogen-bond donors (Lipinski definition) is 2. The summed E-state index contributed by atoms with van der Waals surface area (Å²) < 4.78 is 10.8. The van der Waals surface area contributed by atoms with Gasteiger partial charge in [-0.3, -0.25) is 9.59 Å². The summed E-state index contributed by atoms with van der Waals surface area (Å²) in [4.78, 5) is 37.8. The molecule has 0 bridgehead atoms. The van der Waals surface area contributed by atoms with E-state index in [4.69, 9.17) is 26.1 Å². The van der Waals surface area contributed by atoms with Crippen LogP contribution in [-0.4, -0.2) is 63.6 Å². The van der Waals surface area contributed by atoms with Crippen LogP contribution in [0, 0.1) is 11.3 Å². The topological polar surface area (TPSA) is 118 Å². The lowest BCUT2D eigenvalue weighted by Gasteiger charge is -2.34. The molecule has 0 atom stereocenters. The first kappa shape index (κ1) is 28.8. The number of pyridine rings is 1. The maximum absolute atomic E-state index is 12.1. The van der Waals surface area contributed by atoms with Crippen LogP contribution in [0.4, 0.5) is 0 Å². The number of aromatic nitrogens is 3. The van der Waals surface area contributed by atoms with Gasteiger partial charge in [0.2, 0.25) is 5.91 Å². The van der Waals surface area contributed by atoms with Gasteiger partial charge in [-0.2, -0.15) is 4.98 Å². The zero-order valence-corrected chi connectivity index (χ0v) is 24.3. The van der Waals surface area contributed by atoms with E-state index in [0.717, 1.165) is 48.8 Å². The summed E-state index contributed by atoms with van der Waals surface area (Å²) >= 11 is 6.61. The summed E-state index contributed by atoms with van der Waals surface area (Å²) in [7, 11) is 1.53. The third-order valence-electron chi connectivity index (χ3n) is 8.30. The molecule has 3 heterocycles. The van der Waals surface area contributed by atoms with E-state index in [1.807, 2.05) is 24.3 Å². The second-order valence-electron chi connectivity index (χ2n) is 11.3. The number of nitrogens with one attached hydrogen (secondary N) is 1. The summed E-state index contributed by atoms with van der Waals surface area (Å²) in [5.41, 5.74) is 5.41. The van der Waals surface area contributed by atoms with Crippen molar-refractivity contribution in [2.45, 2.75) is 46.0 Å². The van der Waals surface area contributed by atoms with Crippen LogP contribution in [0.2, 0.25) is 5.02 Å². The molecule has 1 amide bonds. The molecule has 3 aromatic rings. The molecule has 5 rings (SSSR count). The molecule has 1 aromatic carbocycles. The van der Waals surface area contributed by atoms with Crippen LogP contribution in [0.1, 0.15) is 51.5 Å². The van der Waals surface area contributed by atoms with E-state index in [2.05, 4.69) is 16.0 Å². The molecule has 1 aliphatic carbocycles. The highest BCUT2D eigenvalue weighted by Gasteiger charge is 2.37. The van der Waals surface area contributed by atoms with Gasteiger partial charge in [0.1, 0.15) is 6.61 Å². The Morgan fingerprint density at radius 1 is 1.15 bits per heavy atom. The number of imidazole rings is 1. The van der Waals surface area contributed by atoms with Crippen LogP contribution in [0.3, 0.4) is 0 Å². The number of hydrogen-bond acceptors (Lipinski definition) is 6. The molecule has 2 aromatic heterocycles. The molecule has 0 saturated heterocycles. The molecule has 9 nitrogen and oxygen atoms in total. The number of carboxylic acids is 1. The number of carbonyl (C=O) groups is 2. The predicted octanol–water partition coefficient (Wildman–Crippen LogP) is 6.10. The fraction of sp³-hybridized carbons (Fsp3) is 0.419. The van der Waals surface area contributed by atoms with Gasteiger partial charge in [-0.25, -0.2) is 4.98 Å². The van der Waals surface area contributed by atoms with Crippen molar-refractivity contribution < 1.29 is 24.2 Å². The minimum atomic E-state index is -0.749. The van der Waals surface area contributed by atoms with Crippen LogP contribution in [0.25, 0.3) is 28.0 Å². The number of carbonyl (C=O) groups excluding carboxylic acids is 1. The number of benzene rings is 1. The van der Waals surface area contributed by atoms with Crippen molar-refractivity contribution in [3.63, 3.8) is 0 Å². The van der Waals surface area contributed by atoms with Gasteiger partial charge in [0, 0.05) is 25.8 Å². The number of carboxylic acid groups (broad SMARTS) is 1. The molecule has 41 heavy (non-hydrogen) atoms. The van der Waals surface area contributed by atoms with Gasteiger partial charge in [-0.15, -0.1) is 0 Å². The fourth-order valence-corrected chi connectivity index (χ4v) is 5.77. The Morgan fingerprint density at radius 3 is 2.49 bits per heavy atom. The third-order valence-corrected chi connectivity index (χ3v) is 8.59. The van der Waals surface area contributed by atoms with Gasteiger partial charge in [0.15, 0.2) is 5.65 Å². The van der Waals surface area contributed by atoms with E-state index in [-0.39, 0.29) is 18.4 Å². The number of H-pyrrole nitrogens is 1. The number of amides is 1. The number of fused-ring (bicyclic) bond motifs is 1. The zero-order chi connectivity index (χ0) is 29.1. The number of nitrogens with zero attached hydrogens (tertiary/aromatic N) is 3. The van der Waals surface area contributed by atoms with E-state index < -0.39 is 11.4 Å². The molecule has 1 aliphatic heterocycles. The van der Waals surface area contributed by atoms with E-state index in [9.17, 15) is 14.7 Å². The van der Waals surface area contributed by atoms with E-state index >= 15 is 0 Å². The molecule has 2 aliphatic rings. The van der Waals surface area contributed by atoms with E-state index in [0.29, 0.717) is 41.0 Å². The normalized spacial score (nSPS) is 17.9. The SMILES string of the molecule is COCC(=O)N1CC=C(c2ccc(-c3nc4nc(OC=C5CCC(C(C)(C)C(=O)O)CC5)[nH]c4cc3Cl)cc2)CC1. The first-order valence-corrected chi connectivity index (χ1v) is 14.2. The highest BCUT2D eigenvalue weighted by molar-refractivity contribution is 6.33. The number of halogens is 1. The Balaban J connectivity index is 1.25. The van der Waals surface area contributed by atoms with Gasteiger partial charge in [0.25, 0.3) is 0 Å². The number of aliphatic carboxylic acids is 1. The van der Waals surface area contributed by atoms with Crippen molar-refractivity contribution in [1.29, 1.82) is 0 Å². The Labute approximate surface area is 244 Å². The highest BCUT2D eigenvalue weighted by Crippen LogP contribution is 2.40. The summed E-state index contributed by atoms with van der Waals surface area (Å²) in [5.74, 6) is -0.605. The van der Waals surface area contributed by atoms with Gasteiger partial charge in [-0.05, 0) is 74.6 Å². The van der Waals surface area contributed by atoms with Gasteiger partial charge in [0.05, 0.1) is 27.9 Å². The van der Waals surface area contributed by atoms with Crippen molar-refractivity contribution in [3.05, 3.63) is 58.8 Å². The van der Waals surface area contributed by atoms with Gasteiger partial charge < -0.3 is 24.5 Å². The molecule has 2 N–H and O–H groups in total. The van der Waals surface area contributed by atoms with Crippen LogP contribution in [-0.2, 0) is 14.3 Å². The minimum absolute atomic E-state index is 0.00191. The fourth-order valence-electron chi connectivity index (χ4n) is 5.51. The Morgan fingerprint density at radius 2 is 1.85 bits per heavy atom. The van der Waals surface area contributed by atoms with E-state index in [1.165, 1.54) is 12.7 Å². The number of methoxy groups -OCH3 is 1. The molecule has 1 fully saturated rings. The monoisotopic (exact) mass is 578 g/mol. The largest absolute Gasteiger partial charge is 0.481 e. The van der Waals surface area contributed by atoms with Crippen molar-refractivity contribution >= 4 is 40.2 Å². The molecule has 0 unspecified atom stereocenters. The number of aromatic amines is 1. The quantitative estimate of drug-likeness (QED) is 0.310. The maximum Gasteiger partial charge on any atom is 0.309 e.